The Morgan fingerprint density at radius 3 is 2.86 bits per heavy atom. The van der Waals surface area contributed by atoms with Crippen LogP contribution in [0.4, 0.5) is 19.3 Å². The number of rotatable bonds is 4. The summed E-state index contributed by atoms with van der Waals surface area (Å²) in [5.41, 5.74) is 3.76. The van der Waals surface area contributed by atoms with Crippen LogP contribution in [-0.4, -0.2) is 50.4 Å². The van der Waals surface area contributed by atoms with E-state index in [-0.39, 0.29) is 11.6 Å². The summed E-state index contributed by atoms with van der Waals surface area (Å²) < 4.78 is 45.5. The number of fused-ring (bicyclic) bond motifs is 2. The molecule has 194 valence electrons. The first-order chi connectivity index (χ1) is 17.8. The predicted octanol–water partition coefficient (Wildman–Crippen LogP) is 4.28. The van der Waals surface area contributed by atoms with Gasteiger partial charge in [0.25, 0.3) is 0 Å². The van der Waals surface area contributed by atoms with Crippen LogP contribution in [0.2, 0.25) is 0 Å². The van der Waals surface area contributed by atoms with Gasteiger partial charge in [-0.3, -0.25) is 14.9 Å². The predicted molar refractivity (Wildman–Crippen MR) is 138 cm³/mol. The Hall–Kier alpha value is -2.80. The summed E-state index contributed by atoms with van der Waals surface area (Å²) in [5.74, 6) is -0.542. The number of nitrogens with two attached hydrogens (primary N) is 1. The summed E-state index contributed by atoms with van der Waals surface area (Å²) in [6.45, 7) is 0.925. The van der Waals surface area contributed by atoms with Gasteiger partial charge in [-0.25, -0.2) is 22.9 Å². The Kier molecular flexibility index (Phi) is 6.30. The lowest BCUT2D eigenvalue weighted by Crippen LogP contribution is -2.54. The van der Waals surface area contributed by atoms with Crippen LogP contribution in [0.15, 0.2) is 39.3 Å². The molecule has 3 aliphatic rings. The molecule has 2 aliphatic carbocycles. The molecule has 0 aromatic carbocycles. The SMILES string of the molecule is NS(=O)(=NC(=O)Nc1c(-c2ccncc2F)cnc2c1CCC2)c1cc2c(s1)CCC(N1CC(F)C1)C2. The molecule has 3 aromatic rings. The lowest BCUT2D eigenvalue weighted by molar-refractivity contribution is 0.0227. The molecule has 0 bridgehead atoms. The zero-order valence-corrected chi connectivity index (χ0v) is 21.6. The fourth-order valence-corrected chi connectivity index (χ4v) is 7.96. The highest BCUT2D eigenvalue weighted by Gasteiger charge is 2.35. The number of anilines is 1. The molecule has 1 aliphatic heterocycles. The van der Waals surface area contributed by atoms with Crippen molar-refractivity contribution < 1.29 is 17.8 Å². The number of nitrogens with one attached hydrogen (secondary N) is 1. The van der Waals surface area contributed by atoms with Gasteiger partial charge in [0, 0.05) is 53.2 Å². The molecule has 2 atom stereocenters. The van der Waals surface area contributed by atoms with Gasteiger partial charge in [0.2, 0.25) is 0 Å². The highest BCUT2D eigenvalue weighted by molar-refractivity contribution is 7.93. The van der Waals surface area contributed by atoms with E-state index in [1.807, 2.05) is 0 Å². The molecule has 2 unspecified atom stereocenters. The summed E-state index contributed by atoms with van der Waals surface area (Å²) in [6.07, 6.45) is 8.09. The average Bonchev–Trinajstić information content (AvgIpc) is 3.50. The number of hydrogen-bond donors (Lipinski definition) is 2. The summed E-state index contributed by atoms with van der Waals surface area (Å²) in [7, 11) is -3.50. The second-order valence-corrected chi connectivity index (χ2v) is 12.9. The van der Waals surface area contributed by atoms with Crippen LogP contribution >= 0.6 is 11.3 Å². The maximum Gasteiger partial charge on any atom is 0.354 e. The zero-order valence-electron chi connectivity index (χ0n) is 20.0. The van der Waals surface area contributed by atoms with Gasteiger partial charge in [-0.2, -0.15) is 0 Å². The van der Waals surface area contributed by atoms with Crippen molar-refractivity contribution in [3.05, 3.63) is 58.2 Å². The van der Waals surface area contributed by atoms with Crippen LogP contribution in [-0.2, 0) is 35.6 Å². The van der Waals surface area contributed by atoms with Crippen LogP contribution in [0.5, 0.6) is 0 Å². The molecule has 8 nitrogen and oxygen atoms in total. The number of aryl methyl sites for hydroxylation is 2. The van der Waals surface area contributed by atoms with Crippen LogP contribution in [0.25, 0.3) is 11.1 Å². The van der Waals surface area contributed by atoms with E-state index in [4.69, 9.17) is 5.14 Å². The minimum atomic E-state index is -3.50. The molecule has 3 N–H and O–H groups in total. The van der Waals surface area contributed by atoms with E-state index < -0.39 is 27.9 Å². The van der Waals surface area contributed by atoms with Crippen LogP contribution in [0.1, 0.15) is 34.5 Å². The normalized spacial score (nSPS) is 21.0. The number of urea groups is 1. The van der Waals surface area contributed by atoms with Gasteiger partial charge in [0.05, 0.1) is 11.9 Å². The second-order valence-electron chi connectivity index (χ2n) is 9.73. The molecule has 6 rings (SSSR count). The molecule has 1 fully saturated rings. The highest BCUT2D eigenvalue weighted by atomic mass is 32.2. The molecule has 37 heavy (non-hydrogen) atoms. The van der Waals surface area contributed by atoms with E-state index >= 15 is 0 Å². The first-order valence-electron chi connectivity index (χ1n) is 12.2. The Balaban J connectivity index is 1.28. The molecule has 12 heteroatoms. The van der Waals surface area contributed by atoms with E-state index in [1.165, 1.54) is 29.8 Å². The van der Waals surface area contributed by atoms with E-state index in [2.05, 4.69) is 24.5 Å². The molecule has 3 aromatic heterocycles. The van der Waals surface area contributed by atoms with E-state index in [9.17, 15) is 17.8 Å². The number of hydrogen-bond acceptors (Lipinski definition) is 6. The van der Waals surface area contributed by atoms with E-state index in [1.54, 1.807) is 6.07 Å². The summed E-state index contributed by atoms with van der Waals surface area (Å²) >= 11 is 1.32. The van der Waals surface area contributed by atoms with Crippen molar-refractivity contribution in [3.8, 4) is 11.1 Å². The molecule has 4 heterocycles. The number of likely N-dealkylation sites (tertiary alicyclic amines) is 1. The van der Waals surface area contributed by atoms with Gasteiger partial charge in [-0.1, -0.05) is 0 Å². The van der Waals surface area contributed by atoms with E-state index in [0.717, 1.165) is 60.0 Å². The fourth-order valence-electron chi connectivity index (χ4n) is 5.43. The van der Waals surface area contributed by atoms with Gasteiger partial charge < -0.3 is 5.32 Å². The van der Waals surface area contributed by atoms with Crippen molar-refractivity contribution in [3.63, 3.8) is 0 Å². The number of thiophene rings is 1. The largest absolute Gasteiger partial charge is 0.354 e. The van der Waals surface area contributed by atoms with Crippen molar-refractivity contribution in [2.75, 3.05) is 18.4 Å². The molecule has 1 saturated heterocycles. The van der Waals surface area contributed by atoms with Gasteiger partial charge in [-0.05, 0) is 61.8 Å². The quantitative estimate of drug-likeness (QED) is 0.509. The lowest BCUT2D eigenvalue weighted by Gasteiger charge is -2.42. The van der Waals surface area contributed by atoms with Gasteiger partial charge in [0.15, 0.2) is 9.92 Å². The second kappa shape index (κ2) is 9.50. The summed E-state index contributed by atoms with van der Waals surface area (Å²) in [6, 6.07) is 2.70. The maximum atomic E-state index is 14.6. The molecular formula is C25H26F2N6O2S2. The van der Waals surface area contributed by atoms with Gasteiger partial charge in [-0.15, -0.1) is 15.7 Å². The van der Waals surface area contributed by atoms with Crippen molar-refractivity contribution in [2.24, 2.45) is 9.50 Å². The Bertz CT molecular complexity index is 1510. The van der Waals surface area contributed by atoms with Crippen LogP contribution in [0.3, 0.4) is 0 Å². The number of alkyl halides is 1. The molecule has 0 radical (unpaired) electrons. The van der Waals surface area contributed by atoms with Crippen molar-refractivity contribution in [1.29, 1.82) is 0 Å². The first-order valence-corrected chi connectivity index (χ1v) is 14.6. The standard InChI is InChI=1S/C25H26F2N6O2S2/c26-15-12-33(13-15)16-4-5-22-14(8-16)9-23(36-22)37(28,35)32-25(34)31-24-18-2-1-3-21(18)30-10-19(24)17-6-7-29-11-20(17)27/h6-7,9-11,15-16H,1-5,8,12-13H2,(H3,28,30,31,32,34,35). The maximum absolute atomic E-state index is 14.6. The summed E-state index contributed by atoms with van der Waals surface area (Å²) in [4.78, 5) is 24.5. The van der Waals surface area contributed by atoms with Gasteiger partial charge >= 0.3 is 6.03 Å². The Morgan fingerprint density at radius 2 is 2.08 bits per heavy atom. The minimum Gasteiger partial charge on any atom is -0.305 e. The monoisotopic (exact) mass is 544 g/mol. The zero-order chi connectivity index (χ0) is 25.7. The Labute approximate surface area is 217 Å². The third kappa shape index (κ3) is 4.67. The number of carbonyl (C=O) groups excluding carboxylic acids is 1. The minimum absolute atomic E-state index is 0.253. The number of amides is 2. The third-order valence-corrected chi connectivity index (χ3v) is 10.5. The number of nitrogens with zero attached hydrogens (tertiary/aromatic N) is 4. The average molecular weight is 545 g/mol. The Morgan fingerprint density at radius 1 is 1.24 bits per heavy atom. The topological polar surface area (TPSA) is 114 Å². The van der Waals surface area contributed by atoms with Gasteiger partial charge in [0.1, 0.15) is 16.2 Å². The smallest absolute Gasteiger partial charge is 0.305 e. The number of halogens is 2. The van der Waals surface area contributed by atoms with Crippen molar-refractivity contribution in [2.45, 2.75) is 54.9 Å². The van der Waals surface area contributed by atoms with Crippen molar-refractivity contribution in [1.82, 2.24) is 14.9 Å². The molecule has 0 spiro atoms. The fraction of sp³-hybridized carbons (Fsp3) is 0.400. The first kappa shape index (κ1) is 24.5. The van der Waals surface area contributed by atoms with Crippen molar-refractivity contribution >= 4 is 33.0 Å². The molecule has 2 amide bonds. The molecular weight excluding hydrogens is 518 g/mol. The number of aromatic nitrogens is 2. The van der Waals surface area contributed by atoms with Crippen LogP contribution < -0.4 is 10.5 Å². The highest BCUT2D eigenvalue weighted by Crippen LogP contribution is 2.38. The van der Waals surface area contributed by atoms with E-state index in [0.29, 0.717) is 35.0 Å². The molecule has 0 saturated carbocycles. The third-order valence-electron chi connectivity index (χ3n) is 7.33. The number of pyridine rings is 2. The van der Waals surface area contributed by atoms with Crippen LogP contribution in [0, 0.1) is 5.82 Å². The number of carbonyl (C=O) groups is 1. The summed E-state index contributed by atoms with van der Waals surface area (Å²) in [5, 5.41) is 8.85. The lowest BCUT2D eigenvalue weighted by atomic mass is 9.91.